The monoisotopic (exact) mass is 573 g/mol. The van der Waals surface area contributed by atoms with E-state index in [2.05, 4.69) is 14.8 Å². The quantitative estimate of drug-likeness (QED) is 0.317. The van der Waals surface area contributed by atoms with E-state index >= 15 is 0 Å². The van der Waals surface area contributed by atoms with Gasteiger partial charge in [0.05, 0.1) is 21.9 Å². The number of alkyl halides is 2. The van der Waals surface area contributed by atoms with Gasteiger partial charge in [-0.3, -0.25) is 9.78 Å². The number of pyridine rings is 1. The Kier molecular flexibility index (Phi) is 7.38. The van der Waals surface area contributed by atoms with Gasteiger partial charge in [-0.2, -0.15) is 9.78 Å². The maximum Gasteiger partial charge on any atom is 0.349 e. The summed E-state index contributed by atoms with van der Waals surface area (Å²) in [5.41, 5.74) is -3.44. The molecule has 0 aliphatic heterocycles. The van der Waals surface area contributed by atoms with E-state index in [-0.39, 0.29) is 44.3 Å². The fourth-order valence-electron chi connectivity index (χ4n) is 3.64. The molecule has 3 aromatic rings. The lowest BCUT2D eigenvalue weighted by Gasteiger charge is -2.26. The third kappa shape index (κ3) is 5.10. The van der Waals surface area contributed by atoms with Crippen LogP contribution < -0.4 is 31.6 Å². The van der Waals surface area contributed by atoms with E-state index in [0.717, 1.165) is 18.7 Å². The van der Waals surface area contributed by atoms with Crippen molar-refractivity contribution in [2.45, 2.75) is 36.6 Å². The summed E-state index contributed by atoms with van der Waals surface area (Å²) in [6, 6.07) is 0.754. The standard InChI is InChI=1S/C19H17B2Cl2F2N5O6S/c20-10-12(22)16(13(23)11(21)15(10)30-19(33)27-18(32)14(28-30)17(24)25)36-9-4-8(7(31)5-26-9)37(34,35)29-6-2-1-3-6/h4-6,17,29,31H,1-3,20-21H2,(H,27,32,33). The molecule has 0 unspecified atom stereocenters. The summed E-state index contributed by atoms with van der Waals surface area (Å²) in [5, 5.41) is 13.2. The average Bonchev–Trinajstić information content (AvgIpc) is 2.80. The van der Waals surface area contributed by atoms with Gasteiger partial charge in [-0.05, 0) is 23.8 Å². The van der Waals surface area contributed by atoms with Crippen LogP contribution in [0.15, 0.2) is 26.7 Å². The highest BCUT2D eigenvalue weighted by Gasteiger charge is 2.28. The Balaban J connectivity index is 1.78. The van der Waals surface area contributed by atoms with E-state index in [4.69, 9.17) is 27.9 Å². The van der Waals surface area contributed by atoms with Crippen molar-refractivity contribution in [3.63, 3.8) is 0 Å². The second-order valence-corrected chi connectivity index (χ2v) is 10.7. The number of aromatic amines is 1. The second-order valence-electron chi connectivity index (χ2n) is 8.25. The highest BCUT2D eigenvalue weighted by molar-refractivity contribution is 7.89. The molecule has 3 N–H and O–H groups in total. The molecule has 0 saturated heterocycles. The molecule has 0 radical (unpaired) electrons. The predicted octanol–water partition coefficient (Wildman–Crippen LogP) is -0.594. The molecule has 2 aromatic heterocycles. The first-order valence-corrected chi connectivity index (χ1v) is 12.9. The van der Waals surface area contributed by atoms with Gasteiger partial charge in [-0.1, -0.05) is 29.6 Å². The van der Waals surface area contributed by atoms with Crippen LogP contribution in [0.5, 0.6) is 17.4 Å². The minimum atomic E-state index is -4.09. The van der Waals surface area contributed by atoms with Gasteiger partial charge < -0.3 is 9.84 Å². The second kappa shape index (κ2) is 10.1. The summed E-state index contributed by atoms with van der Waals surface area (Å²) in [4.78, 5) is 29.2. The van der Waals surface area contributed by atoms with Gasteiger partial charge in [-0.25, -0.2) is 31.7 Å². The van der Waals surface area contributed by atoms with Crippen molar-refractivity contribution in [3.05, 3.63) is 48.8 Å². The van der Waals surface area contributed by atoms with Crippen molar-refractivity contribution >= 4 is 59.8 Å². The number of H-pyrrole nitrogens is 1. The molecule has 1 aliphatic rings. The maximum atomic E-state index is 13.2. The first-order valence-electron chi connectivity index (χ1n) is 10.7. The fourth-order valence-corrected chi connectivity index (χ4v) is 5.52. The SMILES string of the molecule is Bc1c(Cl)c(Oc2cc(S(=O)(=O)NC3CCC3)c(O)cn2)c(Cl)c(B)c1-n1nc(C(F)F)c(=O)[nH]c1=O. The van der Waals surface area contributed by atoms with Gasteiger partial charge in [0.2, 0.25) is 15.9 Å². The molecule has 194 valence electrons. The number of hydrogen-bond donors (Lipinski definition) is 3. The largest absolute Gasteiger partial charge is 0.505 e. The molecule has 2 heterocycles. The number of sulfonamides is 1. The van der Waals surface area contributed by atoms with Crippen LogP contribution in [0.4, 0.5) is 8.78 Å². The summed E-state index contributed by atoms with van der Waals surface area (Å²) < 4.78 is 60.6. The number of halogens is 4. The molecule has 11 nitrogen and oxygen atoms in total. The lowest BCUT2D eigenvalue weighted by Crippen LogP contribution is -2.40. The number of aromatic hydroxyl groups is 1. The molecule has 1 fully saturated rings. The topological polar surface area (TPSA) is 156 Å². The first kappa shape index (κ1) is 27.1. The zero-order valence-corrected chi connectivity index (χ0v) is 21.5. The minimum Gasteiger partial charge on any atom is -0.505 e. The summed E-state index contributed by atoms with van der Waals surface area (Å²) >= 11 is 12.9. The number of hydrogen-bond acceptors (Lipinski definition) is 8. The summed E-state index contributed by atoms with van der Waals surface area (Å²) in [5.74, 6) is -1.05. The highest BCUT2D eigenvalue weighted by Crippen LogP contribution is 2.36. The van der Waals surface area contributed by atoms with Crippen molar-refractivity contribution in [1.29, 1.82) is 0 Å². The van der Waals surface area contributed by atoms with Gasteiger partial charge in [-0.15, -0.1) is 0 Å². The summed E-state index contributed by atoms with van der Waals surface area (Å²) in [6.45, 7) is 0. The molecule has 0 spiro atoms. The molecule has 1 aliphatic carbocycles. The molecule has 0 atom stereocenters. The molecule has 0 amide bonds. The van der Waals surface area contributed by atoms with Crippen molar-refractivity contribution in [2.24, 2.45) is 0 Å². The van der Waals surface area contributed by atoms with Crippen LogP contribution in [0.3, 0.4) is 0 Å². The number of nitrogens with zero attached hydrogens (tertiary/aromatic N) is 3. The van der Waals surface area contributed by atoms with Crippen LogP contribution in [0, 0.1) is 0 Å². The molecule has 4 rings (SSSR count). The van der Waals surface area contributed by atoms with Crippen molar-refractivity contribution in [1.82, 2.24) is 24.5 Å². The minimum absolute atomic E-state index is 0.0721. The van der Waals surface area contributed by atoms with E-state index in [9.17, 15) is 31.9 Å². The Morgan fingerprint density at radius 3 is 2.38 bits per heavy atom. The molecule has 18 heteroatoms. The van der Waals surface area contributed by atoms with Gasteiger partial charge in [0, 0.05) is 12.1 Å². The molecule has 1 saturated carbocycles. The number of benzene rings is 1. The molecular formula is C19H17B2Cl2F2N5O6S. The number of rotatable bonds is 7. The lowest BCUT2D eigenvalue weighted by atomic mass is 9.84. The van der Waals surface area contributed by atoms with E-state index < -0.39 is 44.0 Å². The van der Waals surface area contributed by atoms with Crippen LogP contribution in [-0.4, -0.2) is 55.0 Å². The first-order chi connectivity index (χ1) is 17.3. The average molecular weight is 574 g/mol. The Morgan fingerprint density at radius 1 is 1.22 bits per heavy atom. The Morgan fingerprint density at radius 2 is 1.84 bits per heavy atom. The van der Waals surface area contributed by atoms with Gasteiger partial charge >= 0.3 is 5.69 Å². The van der Waals surface area contributed by atoms with E-state index in [1.165, 1.54) is 15.7 Å². The van der Waals surface area contributed by atoms with Gasteiger partial charge in [0.1, 0.15) is 20.6 Å². The van der Waals surface area contributed by atoms with Crippen LogP contribution in [-0.2, 0) is 10.0 Å². The Hall–Kier alpha value is -2.94. The van der Waals surface area contributed by atoms with Crippen LogP contribution in [0.2, 0.25) is 10.0 Å². The highest BCUT2D eigenvalue weighted by atomic mass is 35.5. The zero-order chi connectivity index (χ0) is 27.2. The van der Waals surface area contributed by atoms with Crippen molar-refractivity contribution in [3.8, 4) is 23.1 Å². The number of nitrogens with one attached hydrogen (secondary N) is 2. The van der Waals surface area contributed by atoms with E-state index in [1.54, 1.807) is 4.98 Å². The third-order valence-electron chi connectivity index (χ3n) is 5.78. The van der Waals surface area contributed by atoms with E-state index in [0.29, 0.717) is 17.5 Å². The fraction of sp³-hybridized carbons (Fsp3) is 0.263. The maximum absolute atomic E-state index is 13.2. The molecular weight excluding hydrogens is 557 g/mol. The van der Waals surface area contributed by atoms with Crippen LogP contribution in [0.25, 0.3) is 5.69 Å². The molecule has 0 bridgehead atoms. The van der Waals surface area contributed by atoms with Crippen molar-refractivity contribution in [2.75, 3.05) is 0 Å². The molecule has 37 heavy (non-hydrogen) atoms. The van der Waals surface area contributed by atoms with Gasteiger partial charge in [0.15, 0.2) is 17.2 Å². The van der Waals surface area contributed by atoms with Crippen LogP contribution in [0.1, 0.15) is 31.4 Å². The summed E-state index contributed by atoms with van der Waals surface area (Å²) in [6.07, 6.45) is -0.127. The lowest BCUT2D eigenvalue weighted by molar-refractivity contribution is 0.141. The third-order valence-corrected chi connectivity index (χ3v) is 8.24. The predicted molar refractivity (Wildman–Crippen MR) is 136 cm³/mol. The number of ether oxygens (including phenoxy) is 1. The smallest absolute Gasteiger partial charge is 0.349 e. The molecule has 1 aromatic carbocycles. The zero-order valence-electron chi connectivity index (χ0n) is 19.2. The normalized spacial score (nSPS) is 14.1. The van der Waals surface area contributed by atoms with Crippen LogP contribution >= 0.6 is 23.2 Å². The summed E-state index contributed by atoms with van der Waals surface area (Å²) in [7, 11) is -1.23. The van der Waals surface area contributed by atoms with Crippen molar-refractivity contribution < 1.29 is 27.0 Å². The number of aromatic nitrogens is 4. The Labute approximate surface area is 219 Å². The Bertz CT molecular complexity index is 1600. The van der Waals surface area contributed by atoms with E-state index in [1.807, 2.05) is 0 Å². The van der Waals surface area contributed by atoms with Gasteiger partial charge in [0.25, 0.3) is 12.0 Å².